The zero-order valence-electron chi connectivity index (χ0n) is 24.5. The van der Waals surface area contributed by atoms with Crippen LogP contribution in [-0.4, -0.2) is 50.9 Å². The number of aryl methyl sites for hydroxylation is 2. The molecule has 0 aliphatic heterocycles. The molecule has 2 amide bonds. The molecule has 10 heteroatoms. The number of anilines is 1. The van der Waals surface area contributed by atoms with Gasteiger partial charge < -0.3 is 15.0 Å². The van der Waals surface area contributed by atoms with Gasteiger partial charge in [0.2, 0.25) is 11.8 Å². The predicted molar refractivity (Wildman–Crippen MR) is 165 cm³/mol. The van der Waals surface area contributed by atoms with Crippen molar-refractivity contribution in [3.8, 4) is 5.75 Å². The van der Waals surface area contributed by atoms with E-state index >= 15 is 0 Å². The molecule has 8 nitrogen and oxygen atoms in total. The van der Waals surface area contributed by atoms with Crippen LogP contribution in [0.3, 0.4) is 0 Å². The van der Waals surface area contributed by atoms with Gasteiger partial charge >= 0.3 is 0 Å². The molecule has 1 N–H and O–H groups in total. The minimum Gasteiger partial charge on any atom is -0.497 e. The van der Waals surface area contributed by atoms with Crippen molar-refractivity contribution in [3.63, 3.8) is 0 Å². The number of methoxy groups -OCH3 is 1. The SMILES string of the molecule is COc1ccc(CN(C(=O)CN(c2ccc(C)c(C)c2)S(=O)(=O)c2ccc(Cl)cc2)[C@H](C)C(=O)NC2CCCC2)cc1. The highest BCUT2D eigenvalue weighted by atomic mass is 35.5. The third-order valence-corrected chi connectivity index (χ3v) is 9.88. The fourth-order valence-corrected chi connectivity index (χ4v) is 6.58. The Balaban J connectivity index is 1.70. The number of hydrogen-bond acceptors (Lipinski definition) is 5. The number of amides is 2. The average Bonchev–Trinajstić information content (AvgIpc) is 3.49. The molecule has 0 saturated heterocycles. The fourth-order valence-electron chi connectivity index (χ4n) is 5.05. The molecule has 1 aliphatic rings. The lowest BCUT2D eigenvalue weighted by molar-refractivity contribution is -0.139. The second kappa shape index (κ2) is 13.6. The maximum Gasteiger partial charge on any atom is 0.264 e. The van der Waals surface area contributed by atoms with Crippen molar-refractivity contribution >= 4 is 39.1 Å². The van der Waals surface area contributed by atoms with Gasteiger partial charge in [-0.05, 0) is 98.8 Å². The molecule has 1 aliphatic carbocycles. The van der Waals surface area contributed by atoms with E-state index in [-0.39, 0.29) is 23.4 Å². The summed E-state index contributed by atoms with van der Waals surface area (Å²) >= 11 is 6.03. The summed E-state index contributed by atoms with van der Waals surface area (Å²) < 4.78 is 34.3. The number of carbonyl (C=O) groups is 2. The van der Waals surface area contributed by atoms with Crippen LogP contribution in [0, 0.1) is 13.8 Å². The molecule has 0 unspecified atom stereocenters. The average molecular weight is 612 g/mol. The second-order valence-electron chi connectivity index (χ2n) is 10.8. The van der Waals surface area contributed by atoms with Gasteiger partial charge in [0, 0.05) is 17.6 Å². The fraction of sp³-hybridized carbons (Fsp3) is 0.375. The molecule has 42 heavy (non-hydrogen) atoms. The standard InChI is InChI=1S/C32H38ClN3O5S/c1-22-9-14-28(19-23(22)2)36(42(39,40)30-17-12-26(33)13-18-30)21-31(37)35(20-25-10-15-29(41-4)16-11-25)24(3)32(38)34-27-7-5-6-8-27/h9-19,24,27H,5-8,20-21H2,1-4H3,(H,34,38)/t24-/m1/s1. The van der Waals surface area contributed by atoms with E-state index in [0.717, 1.165) is 46.7 Å². The molecule has 224 valence electrons. The van der Waals surface area contributed by atoms with E-state index in [4.69, 9.17) is 16.3 Å². The van der Waals surface area contributed by atoms with Crippen molar-refractivity contribution in [2.75, 3.05) is 18.0 Å². The monoisotopic (exact) mass is 611 g/mol. The molecule has 0 heterocycles. The van der Waals surface area contributed by atoms with E-state index in [9.17, 15) is 18.0 Å². The number of nitrogens with zero attached hydrogens (tertiary/aromatic N) is 2. The summed E-state index contributed by atoms with van der Waals surface area (Å²) in [4.78, 5) is 28.9. The Morgan fingerprint density at radius 2 is 1.62 bits per heavy atom. The third kappa shape index (κ3) is 7.44. The van der Waals surface area contributed by atoms with E-state index in [1.54, 1.807) is 38.3 Å². The summed E-state index contributed by atoms with van der Waals surface area (Å²) in [6, 6.07) is 17.6. The van der Waals surface area contributed by atoms with E-state index in [0.29, 0.717) is 16.5 Å². The van der Waals surface area contributed by atoms with Gasteiger partial charge in [0.05, 0.1) is 17.7 Å². The van der Waals surface area contributed by atoms with Gasteiger partial charge in [-0.15, -0.1) is 0 Å². The molecule has 0 aromatic heterocycles. The molecule has 1 saturated carbocycles. The number of nitrogens with one attached hydrogen (secondary N) is 1. The normalized spacial score (nSPS) is 14.3. The first-order valence-corrected chi connectivity index (χ1v) is 15.9. The smallest absolute Gasteiger partial charge is 0.264 e. The lowest BCUT2D eigenvalue weighted by Crippen LogP contribution is -2.52. The Bertz CT molecular complexity index is 1500. The van der Waals surface area contributed by atoms with Crippen molar-refractivity contribution in [1.29, 1.82) is 0 Å². The summed E-state index contributed by atoms with van der Waals surface area (Å²) in [5.41, 5.74) is 3.01. The van der Waals surface area contributed by atoms with E-state index < -0.39 is 28.5 Å². The number of ether oxygens (including phenoxy) is 1. The van der Waals surface area contributed by atoms with Gasteiger partial charge in [-0.1, -0.05) is 42.6 Å². The molecule has 4 rings (SSSR count). The summed E-state index contributed by atoms with van der Waals surface area (Å²) in [7, 11) is -2.59. The van der Waals surface area contributed by atoms with Gasteiger partial charge in [-0.3, -0.25) is 13.9 Å². The van der Waals surface area contributed by atoms with Crippen LogP contribution < -0.4 is 14.4 Å². The number of benzene rings is 3. The Kier molecular flexibility index (Phi) is 10.2. The van der Waals surface area contributed by atoms with Crippen LogP contribution in [-0.2, 0) is 26.2 Å². The molecular weight excluding hydrogens is 574 g/mol. The zero-order valence-corrected chi connectivity index (χ0v) is 26.0. The van der Waals surface area contributed by atoms with Gasteiger partial charge in [0.15, 0.2) is 0 Å². The van der Waals surface area contributed by atoms with E-state index in [2.05, 4.69) is 5.32 Å². The van der Waals surface area contributed by atoms with Crippen LogP contribution in [0.25, 0.3) is 0 Å². The molecule has 1 atom stereocenters. The Hall–Kier alpha value is -3.56. The summed E-state index contributed by atoms with van der Waals surface area (Å²) in [6.45, 7) is 5.12. The Labute approximate surface area is 253 Å². The minimum atomic E-state index is -4.17. The van der Waals surface area contributed by atoms with Crippen LogP contribution in [0.2, 0.25) is 5.02 Å². The first kappa shape index (κ1) is 31.4. The summed E-state index contributed by atoms with van der Waals surface area (Å²) in [5, 5.41) is 3.48. The van der Waals surface area contributed by atoms with E-state index in [1.807, 2.05) is 32.0 Å². The molecule has 1 fully saturated rings. The van der Waals surface area contributed by atoms with E-state index in [1.165, 1.54) is 29.2 Å². The van der Waals surface area contributed by atoms with Gasteiger partial charge in [0.1, 0.15) is 18.3 Å². The van der Waals surface area contributed by atoms with Crippen LogP contribution in [0.4, 0.5) is 5.69 Å². The molecule has 0 bridgehead atoms. The molecule has 0 radical (unpaired) electrons. The van der Waals surface area contributed by atoms with Crippen molar-refractivity contribution < 1.29 is 22.7 Å². The summed E-state index contributed by atoms with van der Waals surface area (Å²) in [5.74, 6) is -0.101. The lowest BCUT2D eigenvalue weighted by atomic mass is 10.1. The summed E-state index contributed by atoms with van der Waals surface area (Å²) in [6.07, 6.45) is 3.93. The zero-order chi connectivity index (χ0) is 30.4. The topological polar surface area (TPSA) is 96.0 Å². The Morgan fingerprint density at radius 3 is 2.21 bits per heavy atom. The van der Waals surface area contributed by atoms with Crippen LogP contribution in [0.15, 0.2) is 71.6 Å². The van der Waals surface area contributed by atoms with Gasteiger partial charge in [0.25, 0.3) is 10.0 Å². The van der Waals surface area contributed by atoms with Crippen LogP contribution >= 0.6 is 11.6 Å². The maximum absolute atomic E-state index is 14.1. The number of sulfonamides is 1. The Morgan fingerprint density at radius 1 is 0.976 bits per heavy atom. The highest BCUT2D eigenvalue weighted by Crippen LogP contribution is 2.27. The highest BCUT2D eigenvalue weighted by molar-refractivity contribution is 7.92. The first-order chi connectivity index (χ1) is 20.0. The largest absolute Gasteiger partial charge is 0.497 e. The van der Waals surface area contributed by atoms with Gasteiger partial charge in [-0.2, -0.15) is 0 Å². The number of rotatable bonds is 11. The van der Waals surface area contributed by atoms with Crippen molar-refractivity contribution in [3.05, 3.63) is 88.4 Å². The lowest BCUT2D eigenvalue weighted by Gasteiger charge is -2.32. The number of carbonyl (C=O) groups excluding carboxylic acids is 2. The predicted octanol–water partition coefficient (Wildman–Crippen LogP) is 5.64. The number of hydrogen-bond donors (Lipinski definition) is 1. The van der Waals surface area contributed by atoms with Gasteiger partial charge in [-0.25, -0.2) is 8.42 Å². The van der Waals surface area contributed by atoms with Crippen LogP contribution in [0.1, 0.15) is 49.3 Å². The molecule has 0 spiro atoms. The number of halogens is 1. The van der Waals surface area contributed by atoms with Crippen molar-refractivity contribution in [2.45, 2.75) is 70.0 Å². The van der Waals surface area contributed by atoms with Crippen LogP contribution in [0.5, 0.6) is 5.75 Å². The molecule has 3 aromatic carbocycles. The molecule has 3 aromatic rings. The first-order valence-electron chi connectivity index (χ1n) is 14.1. The third-order valence-electron chi connectivity index (χ3n) is 7.84. The second-order valence-corrected chi connectivity index (χ2v) is 13.1. The molecular formula is C32H38ClN3O5S. The van der Waals surface area contributed by atoms with Crippen molar-refractivity contribution in [2.24, 2.45) is 0 Å². The quantitative estimate of drug-likeness (QED) is 0.303. The minimum absolute atomic E-state index is 0.00616. The maximum atomic E-state index is 14.1. The van der Waals surface area contributed by atoms with Crippen molar-refractivity contribution in [1.82, 2.24) is 10.2 Å². The highest BCUT2D eigenvalue weighted by Gasteiger charge is 2.33.